The van der Waals surface area contributed by atoms with Gasteiger partial charge in [-0.1, -0.05) is 0 Å². The summed E-state index contributed by atoms with van der Waals surface area (Å²) in [4.78, 5) is 28.4. The molecule has 2 rings (SSSR count). The molecule has 2 amide bonds. The van der Waals surface area contributed by atoms with Crippen LogP contribution in [0.2, 0.25) is 0 Å². The molecule has 1 aromatic rings. The molecule has 2 heterocycles. The zero-order valence-corrected chi connectivity index (χ0v) is 9.14. The highest BCUT2D eigenvalue weighted by atomic mass is 16.2. The lowest BCUT2D eigenvalue weighted by molar-refractivity contribution is -0.120. The number of hydrogen-bond acceptors (Lipinski definition) is 5. The zero-order chi connectivity index (χ0) is 12.4. The highest BCUT2D eigenvalue weighted by Crippen LogP contribution is 2.19. The van der Waals surface area contributed by atoms with Gasteiger partial charge in [0.15, 0.2) is 0 Å². The molecule has 0 unspecified atom stereocenters. The van der Waals surface area contributed by atoms with Crippen molar-refractivity contribution >= 4 is 23.3 Å². The van der Waals surface area contributed by atoms with Gasteiger partial charge in [-0.2, -0.15) is 0 Å². The molecular weight excluding hydrogens is 222 g/mol. The third-order valence-electron chi connectivity index (χ3n) is 2.49. The van der Waals surface area contributed by atoms with E-state index >= 15 is 0 Å². The molecule has 1 saturated heterocycles. The van der Waals surface area contributed by atoms with Crippen molar-refractivity contribution in [1.29, 1.82) is 0 Å². The maximum absolute atomic E-state index is 11.3. The fourth-order valence-electron chi connectivity index (χ4n) is 1.73. The minimum atomic E-state index is -0.606. The molecule has 7 nitrogen and oxygen atoms in total. The smallest absolute Gasteiger partial charge is 0.252 e. The summed E-state index contributed by atoms with van der Waals surface area (Å²) in [5.41, 5.74) is 11.4. The van der Waals surface area contributed by atoms with Crippen LogP contribution in [0.25, 0.3) is 0 Å². The van der Waals surface area contributed by atoms with E-state index in [1.165, 1.54) is 12.3 Å². The molecule has 17 heavy (non-hydrogen) atoms. The van der Waals surface area contributed by atoms with Gasteiger partial charge in [0.2, 0.25) is 5.91 Å². The Morgan fingerprint density at radius 1 is 1.53 bits per heavy atom. The molecule has 0 aliphatic carbocycles. The first kappa shape index (κ1) is 11.2. The number of hydrogen-bond donors (Lipinski definition) is 3. The number of aromatic nitrogens is 1. The van der Waals surface area contributed by atoms with Gasteiger partial charge in [-0.05, 0) is 6.07 Å². The normalized spacial score (nSPS) is 15.5. The largest absolute Gasteiger partial charge is 0.397 e. The predicted octanol–water partition coefficient (Wildman–Crippen LogP) is -1.30. The van der Waals surface area contributed by atoms with E-state index in [-0.39, 0.29) is 18.0 Å². The fourth-order valence-corrected chi connectivity index (χ4v) is 1.73. The van der Waals surface area contributed by atoms with E-state index in [1.54, 1.807) is 4.90 Å². The first-order valence-corrected chi connectivity index (χ1v) is 5.15. The van der Waals surface area contributed by atoms with Crippen LogP contribution in [-0.2, 0) is 4.79 Å². The average Bonchev–Trinajstić information content (AvgIpc) is 2.28. The predicted molar refractivity (Wildman–Crippen MR) is 62.4 cm³/mol. The molecule has 0 aromatic carbocycles. The van der Waals surface area contributed by atoms with Crippen LogP contribution >= 0.6 is 0 Å². The third-order valence-corrected chi connectivity index (χ3v) is 2.49. The van der Waals surface area contributed by atoms with E-state index in [0.29, 0.717) is 24.6 Å². The van der Waals surface area contributed by atoms with Crippen molar-refractivity contribution in [3.05, 3.63) is 17.8 Å². The third kappa shape index (κ3) is 2.27. The Morgan fingerprint density at radius 3 is 2.94 bits per heavy atom. The van der Waals surface area contributed by atoms with Crippen LogP contribution in [0.4, 0.5) is 11.5 Å². The maximum Gasteiger partial charge on any atom is 0.252 e. The van der Waals surface area contributed by atoms with Gasteiger partial charge in [-0.15, -0.1) is 0 Å². The zero-order valence-electron chi connectivity index (χ0n) is 9.14. The summed E-state index contributed by atoms with van der Waals surface area (Å²) in [6.07, 6.45) is 1.44. The molecule has 7 heteroatoms. The second-order valence-corrected chi connectivity index (χ2v) is 3.78. The van der Waals surface area contributed by atoms with Gasteiger partial charge in [0.05, 0.1) is 24.0 Å². The Hall–Kier alpha value is -2.31. The molecule has 90 valence electrons. The van der Waals surface area contributed by atoms with E-state index in [2.05, 4.69) is 10.3 Å². The second kappa shape index (κ2) is 4.28. The second-order valence-electron chi connectivity index (χ2n) is 3.78. The van der Waals surface area contributed by atoms with Gasteiger partial charge >= 0.3 is 0 Å². The monoisotopic (exact) mass is 235 g/mol. The number of primary amides is 1. The van der Waals surface area contributed by atoms with E-state index < -0.39 is 5.91 Å². The van der Waals surface area contributed by atoms with Gasteiger partial charge in [-0.3, -0.25) is 9.59 Å². The van der Waals surface area contributed by atoms with Gasteiger partial charge in [0, 0.05) is 13.1 Å². The van der Waals surface area contributed by atoms with Crippen molar-refractivity contribution in [2.45, 2.75) is 0 Å². The lowest BCUT2D eigenvalue weighted by Crippen LogP contribution is -2.48. The van der Waals surface area contributed by atoms with Crippen molar-refractivity contribution < 1.29 is 9.59 Å². The number of rotatable bonds is 2. The van der Waals surface area contributed by atoms with Crippen molar-refractivity contribution in [1.82, 2.24) is 10.3 Å². The highest BCUT2D eigenvalue weighted by Gasteiger charge is 2.22. The number of carbonyl (C=O) groups is 2. The van der Waals surface area contributed by atoms with Crippen LogP contribution in [0.1, 0.15) is 10.4 Å². The number of anilines is 2. The van der Waals surface area contributed by atoms with Crippen LogP contribution in [-0.4, -0.2) is 36.4 Å². The Morgan fingerprint density at radius 2 is 2.29 bits per heavy atom. The summed E-state index contributed by atoms with van der Waals surface area (Å²) in [5.74, 6) is -0.308. The molecule has 1 aliphatic rings. The van der Waals surface area contributed by atoms with Crippen molar-refractivity contribution in [2.75, 3.05) is 30.3 Å². The van der Waals surface area contributed by atoms with Gasteiger partial charge in [-0.25, -0.2) is 4.98 Å². The first-order chi connectivity index (χ1) is 8.08. The molecule has 1 aliphatic heterocycles. The summed E-state index contributed by atoms with van der Waals surface area (Å²) in [5, 5.41) is 2.69. The van der Waals surface area contributed by atoms with Crippen LogP contribution in [0.15, 0.2) is 12.3 Å². The SMILES string of the molecule is NC(=O)c1cc(N)cnc1N1CCNC(=O)C1. The van der Waals surface area contributed by atoms with Crippen LogP contribution in [0, 0.1) is 0 Å². The molecule has 1 fully saturated rings. The minimum absolute atomic E-state index is 0.106. The highest BCUT2D eigenvalue weighted by molar-refractivity contribution is 5.99. The number of carbonyl (C=O) groups excluding carboxylic acids is 2. The van der Waals surface area contributed by atoms with E-state index in [9.17, 15) is 9.59 Å². The van der Waals surface area contributed by atoms with Gasteiger partial charge in [0.25, 0.3) is 5.91 Å². The van der Waals surface area contributed by atoms with Crippen LogP contribution in [0.5, 0.6) is 0 Å². The van der Waals surface area contributed by atoms with Crippen molar-refractivity contribution in [3.8, 4) is 0 Å². The lowest BCUT2D eigenvalue weighted by atomic mass is 10.2. The van der Waals surface area contributed by atoms with Gasteiger partial charge < -0.3 is 21.7 Å². The number of pyridine rings is 1. The molecular formula is C10H13N5O2. The average molecular weight is 235 g/mol. The molecule has 1 aromatic heterocycles. The summed E-state index contributed by atoms with van der Waals surface area (Å²) >= 11 is 0. The molecule has 0 bridgehead atoms. The molecule has 0 atom stereocenters. The van der Waals surface area contributed by atoms with E-state index in [1.807, 2.05) is 0 Å². The standard InChI is InChI=1S/C10H13N5O2/c11-6-3-7(9(12)17)10(14-4-6)15-2-1-13-8(16)5-15/h3-4H,1-2,5,11H2,(H2,12,17)(H,13,16). The maximum atomic E-state index is 11.3. The lowest BCUT2D eigenvalue weighted by Gasteiger charge is -2.28. The van der Waals surface area contributed by atoms with E-state index in [4.69, 9.17) is 11.5 Å². The van der Waals surface area contributed by atoms with E-state index in [0.717, 1.165) is 0 Å². The Bertz CT molecular complexity index is 474. The minimum Gasteiger partial charge on any atom is -0.397 e. The quantitative estimate of drug-likeness (QED) is 0.589. The van der Waals surface area contributed by atoms with Gasteiger partial charge in [0.1, 0.15) is 5.82 Å². The Kier molecular flexibility index (Phi) is 2.82. The summed E-state index contributed by atoms with van der Waals surface area (Å²) in [6, 6.07) is 1.47. The number of nitrogens with two attached hydrogens (primary N) is 2. The Balaban J connectivity index is 2.37. The molecule has 5 N–H and O–H groups in total. The number of piperazine rings is 1. The number of nitrogen functional groups attached to an aromatic ring is 1. The summed E-state index contributed by atoms with van der Waals surface area (Å²) in [6.45, 7) is 1.27. The Labute approximate surface area is 97.8 Å². The van der Waals surface area contributed by atoms with Crippen LogP contribution < -0.4 is 21.7 Å². The van der Waals surface area contributed by atoms with Crippen LogP contribution in [0.3, 0.4) is 0 Å². The number of nitrogens with one attached hydrogen (secondary N) is 1. The first-order valence-electron chi connectivity index (χ1n) is 5.15. The summed E-state index contributed by atoms with van der Waals surface area (Å²) in [7, 11) is 0. The molecule has 0 saturated carbocycles. The molecule has 0 spiro atoms. The topological polar surface area (TPSA) is 114 Å². The summed E-state index contributed by atoms with van der Waals surface area (Å²) < 4.78 is 0. The number of nitrogens with zero attached hydrogens (tertiary/aromatic N) is 2. The number of amides is 2. The fraction of sp³-hybridized carbons (Fsp3) is 0.300. The molecule has 0 radical (unpaired) electrons. The van der Waals surface area contributed by atoms with Crippen molar-refractivity contribution in [2.24, 2.45) is 5.73 Å². The van der Waals surface area contributed by atoms with Crippen molar-refractivity contribution in [3.63, 3.8) is 0 Å².